The topological polar surface area (TPSA) is 154 Å². The second-order valence-corrected chi connectivity index (χ2v) is 6.97. The van der Waals surface area contributed by atoms with E-state index in [0.29, 0.717) is 15.2 Å². The lowest BCUT2D eigenvalue weighted by atomic mass is 10.0. The van der Waals surface area contributed by atoms with Crippen molar-refractivity contribution in [3.8, 4) is 0 Å². The maximum Gasteiger partial charge on any atom is 0.351 e. The van der Waals surface area contributed by atoms with E-state index in [9.17, 15) is 29.7 Å². The number of anilines is 1. The van der Waals surface area contributed by atoms with Crippen LogP contribution in [0.3, 0.4) is 0 Å². The van der Waals surface area contributed by atoms with E-state index in [1.54, 1.807) is 31.2 Å². The van der Waals surface area contributed by atoms with Crippen molar-refractivity contribution in [3.63, 3.8) is 0 Å². The van der Waals surface area contributed by atoms with Crippen LogP contribution < -0.4 is 11.4 Å². The fraction of sp³-hybridized carbons (Fsp3) is 0.368. The van der Waals surface area contributed by atoms with Gasteiger partial charge >= 0.3 is 5.69 Å². The molecule has 2 heterocycles. The molecule has 0 saturated carbocycles. The highest BCUT2D eigenvalue weighted by Crippen LogP contribution is 2.41. The predicted molar refractivity (Wildman–Crippen MR) is 104 cm³/mol. The first-order chi connectivity index (χ1) is 14.2. The number of hydroxylamine groups is 2. The number of benzene rings is 1. The highest BCUT2D eigenvalue weighted by molar-refractivity contribution is 5.59. The van der Waals surface area contributed by atoms with E-state index in [1.165, 1.54) is 0 Å². The Kier molecular flexibility index (Phi) is 6.31. The average Bonchev–Trinajstić information content (AvgIpc) is 2.98. The molecule has 162 valence electrons. The molecule has 0 bridgehead atoms. The summed E-state index contributed by atoms with van der Waals surface area (Å²) in [5.41, 5.74) is 3.82. The largest absolute Gasteiger partial charge is 0.394 e. The second kappa shape index (κ2) is 8.60. The second-order valence-electron chi connectivity index (χ2n) is 6.97. The third kappa shape index (κ3) is 3.62. The molecule has 6 N–H and O–H groups in total. The standard InChI is InChI=1S/C19H23FN4O6/c1-11-4-2-3-5-13(11)9-23(29)19(28)15(26)14(10-25)30-17(19)24-16(21)12(6-7-20)8-22-18(24)27/h2-8,14-15,17,25-26,28-29H,9-10,21H2,1H3/b7-6+/t14-,15-,17?,19-/m1/s1. The van der Waals surface area contributed by atoms with Crippen molar-refractivity contribution in [2.75, 3.05) is 12.3 Å². The van der Waals surface area contributed by atoms with Gasteiger partial charge in [0.05, 0.1) is 19.5 Å². The molecular formula is C19H23FN4O6. The van der Waals surface area contributed by atoms with Crippen LogP contribution in [0.2, 0.25) is 0 Å². The fourth-order valence-electron chi connectivity index (χ4n) is 3.43. The quantitative estimate of drug-likeness (QED) is 0.317. The van der Waals surface area contributed by atoms with Gasteiger partial charge in [0.15, 0.2) is 6.23 Å². The number of ether oxygens (including phenoxy) is 1. The van der Waals surface area contributed by atoms with E-state index in [1.807, 2.05) is 0 Å². The molecule has 0 spiro atoms. The molecule has 1 aliphatic heterocycles. The lowest BCUT2D eigenvalue weighted by Gasteiger charge is -2.38. The van der Waals surface area contributed by atoms with Gasteiger partial charge in [0.25, 0.3) is 0 Å². The van der Waals surface area contributed by atoms with E-state index < -0.39 is 36.5 Å². The summed E-state index contributed by atoms with van der Waals surface area (Å²) in [7, 11) is 0. The van der Waals surface area contributed by atoms with Crippen LogP contribution in [0.5, 0.6) is 0 Å². The average molecular weight is 422 g/mol. The molecule has 1 saturated heterocycles. The molecule has 4 atom stereocenters. The Morgan fingerprint density at radius 1 is 1.43 bits per heavy atom. The summed E-state index contributed by atoms with van der Waals surface area (Å²) in [6, 6.07) is 7.03. The Hall–Kier alpha value is -2.67. The normalized spacial score (nSPS) is 26.7. The van der Waals surface area contributed by atoms with E-state index >= 15 is 0 Å². The number of nitrogen functional groups attached to an aromatic ring is 1. The van der Waals surface area contributed by atoms with Crippen LogP contribution >= 0.6 is 0 Å². The number of aliphatic hydroxyl groups excluding tert-OH is 2. The molecule has 0 amide bonds. The number of aromatic nitrogens is 2. The van der Waals surface area contributed by atoms with Crippen LogP contribution in [0.15, 0.2) is 41.6 Å². The molecule has 1 aromatic heterocycles. The van der Waals surface area contributed by atoms with Gasteiger partial charge in [0.1, 0.15) is 18.0 Å². The van der Waals surface area contributed by atoms with Crippen LogP contribution in [-0.4, -0.2) is 59.7 Å². The number of hydrogen-bond donors (Lipinski definition) is 5. The van der Waals surface area contributed by atoms with Gasteiger partial charge in [-0.1, -0.05) is 24.3 Å². The monoisotopic (exact) mass is 422 g/mol. The van der Waals surface area contributed by atoms with Crippen molar-refractivity contribution in [1.29, 1.82) is 0 Å². The van der Waals surface area contributed by atoms with Gasteiger partial charge < -0.3 is 31.0 Å². The lowest BCUT2D eigenvalue weighted by molar-refractivity contribution is -0.318. The Morgan fingerprint density at radius 2 is 2.13 bits per heavy atom. The minimum atomic E-state index is -2.59. The number of nitrogens with two attached hydrogens (primary N) is 1. The Bertz CT molecular complexity index is 999. The van der Waals surface area contributed by atoms with Crippen molar-refractivity contribution >= 4 is 11.9 Å². The summed E-state index contributed by atoms with van der Waals surface area (Å²) in [4.78, 5) is 16.0. The zero-order valence-electron chi connectivity index (χ0n) is 16.1. The first kappa shape index (κ1) is 22.0. The number of aliphatic hydroxyl groups is 3. The van der Waals surface area contributed by atoms with Crippen LogP contribution in [0.1, 0.15) is 22.9 Å². The van der Waals surface area contributed by atoms with Gasteiger partial charge in [0.2, 0.25) is 5.72 Å². The molecule has 3 rings (SSSR count). The fourth-order valence-corrected chi connectivity index (χ4v) is 3.43. The van der Waals surface area contributed by atoms with Crippen molar-refractivity contribution in [2.24, 2.45) is 0 Å². The van der Waals surface area contributed by atoms with Crippen LogP contribution in [0, 0.1) is 6.92 Å². The molecular weight excluding hydrogens is 399 g/mol. The third-order valence-corrected chi connectivity index (χ3v) is 5.18. The number of hydrogen-bond acceptors (Lipinski definition) is 9. The minimum absolute atomic E-state index is 0.00776. The van der Waals surface area contributed by atoms with E-state index in [2.05, 4.69) is 4.98 Å². The van der Waals surface area contributed by atoms with Crippen LogP contribution in [-0.2, 0) is 11.3 Å². The zero-order valence-corrected chi connectivity index (χ0v) is 16.1. The lowest BCUT2D eigenvalue weighted by Crippen LogP contribution is -2.59. The summed E-state index contributed by atoms with van der Waals surface area (Å²) in [6.45, 7) is 0.830. The highest BCUT2D eigenvalue weighted by Gasteiger charge is 2.60. The van der Waals surface area contributed by atoms with Gasteiger partial charge in [-0.25, -0.2) is 18.7 Å². The summed E-state index contributed by atoms with van der Waals surface area (Å²) in [5.74, 6) is -0.317. The van der Waals surface area contributed by atoms with Crippen LogP contribution in [0.4, 0.5) is 10.2 Å². The zero-order chi connectivity index (χ0) is 22.1. The van der Waals surface area contributed by atoms with Crippen LogP contribution in [0.25, 0.3) is 6.08 Å². The minimum Gasteiger partial charge on any atom is -0.394 e. The van der Waals surface area contributed by atoms with Crippen molar-refractivity contribution in [1.82, 2.24) is 14.6 Å². The first-order valence-electron chi connectivity index (χ1n) is 9.07. The Balaban J connectivity index is 2.10. The number of rotatable bonds is 6. The summed E-state index contributed by atoms with van der Waals surface area (Å²) >= 11 is 0. The Labute approximate surface area is 170 Å². The SMILES string of the molecule is Cc1ccccc1CN(O)[C@]1(O)C(n2c(N)c(/C=C/F)cnc2=O)O[C@H](CO)[C@H]1O. The van der Waals surface area contributed by atoms with E-state index in [4.69, 9.17) is 10.5 Å². The van der Waals surface area contributed by atoms with Gasteiger partial charge in [-0.15, -0.1) is 5.06 Å². The van der Waals surface area contributed by atoms with Crippen molar-refractivity contribution in [3.05, 3.63) is 64.0 Å². The van der Waals surface area contributed by atoms with E-state index in [0.717, 1.165) is 17.8 Å². The third-order valence-electron chi connectivity index (χ3n) is 5.18. The number of aryl methyl sites for hydroxylation is 1. The molecule has 1 aromatic carbocycles. The molecule has 2 aromatic rings. The maximum absolute atomic E-state index is 12.7. The molecule has 10 nitrogen and oxygen atoms in total. The van der Waals surface area contributed by atoms with Crippen molar-refractivity contribution in [2.45, 2.75) is 37.6 Å². The first-order valence-corrected chi connectivity index (χ1v) is 9.07. The molecule has 0 radical (unpaired) electrons. The number of halogens is 1. The molecule has 1 fully saturated rings. The maximum atomic E-state index is 12.7. The number of nitrogens with zero attached hydrogens (tertiary/aromatic N) is 3. The molecule has 30 heavy (non-hydrogen) atoms. The van der Waals surface area contributed by atoms with E-state index in [-0.39, 0.29) is 24.3 Å². The smallest absolute Gasteiger partial charge is 0.351 e. The summed E-state index contributed by atoms with van der Waals surface area (Å²) in [6.07, 6.45) is -2.78. The molecule has 0 aliphatic carbocycles. The van der Waals surface area contributed by atoms with Crippen molar-refractivity contribution < 1.29 is 29.7 Å². The molecule has 11 heteroatoms. The summed E-state index contributed by atoms with van der Waals surface area (Å²) < 4.78 is 18.8. The van der Waals surface area contributed by atoms with Gasteiger partial charge in [-0.3, -0.25) is 0 Å². The van der Waals surface area contributed by atoms with Gasteiger partial charge in [0, 0.05) is 11.8 Å². The Morgan fingerprint density at radius 3 is 2.77 bits per heavy atom. The highest BCUT2D eigenvalue weighted by atomic mass is 19.1. The molecule has 1 aliphatic rings. The summed E-state index contributed by atoms with van der Waals surface area (Å²) in [5, 5.41) is 42.7. The van der Waals surface area contributed by atoms with Gasteiger partial charge in [-0.05, 0) is 24.1 Å². The molecule has 1 unspecified atom stereocenters. The predicted octanol–water partition coefficient (Wildman–Crippen LogP) is -0.0953. The van der Waals surface area contributed by atoms with Gasteiger partial charge in [-0.2, -0.15) is 0 Å².